The zero-order valence-electron chi connectivity index (χ0n) is 11.6. The molecule has 1 heterocycles. The molecular weight excluding hydrogens is 258 g/mol. The molecule has 0 radical (unpaired) electrons. The molecule has 0 aliphatic heterocycles. The van der Waals surface area contributed by atoms with Crippen molar-refractivity contribution in [3.05, 3.63) is 36.2 Å². The summed E-state index contributed by atoms with van der Waals surface area (Å²) in [5.41, 5.74) is 0.729. The number of rotatable bonds is 4. The van der Waals surface area contributed by atoms with Crippen molar-refractivity contribution in [1.29, 1.82) is 0 Å². The van der Waals surface area contributed by atoms with Crippen molar-refractivity contribution in [2.45, 2.75) is 19.9 Å². The highest BCUT2D eigenvalue weighted by Gasteiger charge is 2.15. The smallest absolute Gasteiger partial charge is 0.259 e. The molecule has 0 saturated carbocycles. The van der Waals surface area contributed by atoms with Crippen molar-refractivity contribution >= 4 is 11.6 Å². The van der Waals surface area contributed by atoms with E-state index in [-0.39, 0.29) is 23.1 Å². The fourth-order valence-corrected chi connectivity index (χ4v) is 1.75. The van der Waals surface area contributed by atoms with Gasteiger partial charge in [-0.2, -0.15) is 5.10 Å². The van der Waals surface area contributed by atoms with Gasteiger partial charge < -0.3 is 15.2 Å². The predicted octanol–water partition coefficient (Wildman–Crippen LogP) is 2.43. The molecule has 6 heteroatoms. The number of anilines is 1. The lowest BCUT2D eigenvalue weighted by Gasteiger charge is -2.08. The van der Waals surface area contributed by atoms with Crippen molar-refractivity contribution in [3.63, 3.8) is 0 Å². The molecule has 106 valence electrons. The van der Waals surface area contributed by atoms with Gasteiger partial charge in [-0.1, -0.05) is 6.07 Å². The van der Waals surface area contributed by atoms with E-state index in [2.05, 4.69) is 10.4 Å². The molecule has 1 aromatic heterocycles. The monoisotopic (exact) mass is 275 g/mol. The number of benzene rings is 1. The highest BCUT2D eigenvalue weighted by Crippen LogP contribution is 2.29. The molecule has 0 unspecified atom stereocenters. The number of carbonyl (C=O) groups excluding carboxylic acids is 1. The quantitative estimate of drug-likeness (QED) is 0.898. The Morgan fingerprint density at radius 1 is 1.45 bits per heavy atom. The summed E-state index contributed by atoms with van der Waals surface area (Å²) in [5, 5.41) is 16.7. The van der Waals surface area contributed by atoms with Gasteiger partial charge in [-0.05, 0) is 26.0 Å². The molecule has 20 heavy (non-hydrogen) atoms. The Hall–Kier alpha value is -2.50. The maximum absolute atomic E-state index is 12.1. The van der Waals surface area contributed by atoms with Gasteiger partial charge in [-0.15, -0.1) is 0 Å². The summed E-state index contributed by atoms with van der Waals surface area (Å²) < 4.78 is 6.71. The number of aromatic hydroxyl groups is 1. The zero-order valence-corrected chi connectivity index (χ0v) is 11.6. The van der Waals surface area contributed by atoms with Gasteiger partial charge in [0.05, 0.1) is 24.6 Å². The highest BCUT2D eigenvalue weighted by atomic mass is 16.5. The first kappa shape index (κ1) is 13.9. The van der Waals surface area contributed by atoms with Crippen LogP contribution < -0.4 is 10.1 Å². The average molecular weight is 275 g/mol. The highest BCUT2D eigenvalue weighted by molar-refractivity contribution is 6.06. The number of aromatic nitrogens is 2. The Morgan fingerprint density at radius 3 is 2.80 bits per heavy atom. The minimum Gasteiger partial charge on any atom is -0.504 e. The van der Waals surface area contributed by atoms with Crippen LogP contribution in [0.15, 0.2) is 30.6 Å². The fourth-order valence-electron chi connectivity index (χ4n) is 1.75. The molecule has 0 spiro atoms. The summed E-state index contributed by atoms with van der Waals surface area (Å²) in [5.74, 6) is -0.330. The Bertz CT molecular complexity index is 620. The number of hydrogen-bond donors (Lipinski definition) is 2. The van der Waals surface area contributed by atoms with E-state index in [9.17, 15) is 9.90 Å². The molecule has 0 fully saturated rings. The van der Waals surface area contributed by atoms with Crippen molar-refractivity contribution in [1.82, 2.24) is 9.78 Å². The van der Waals surface area contributed by atoms with E-state index in [0.29, 0.717) is 5.69 Å². The number of amides is 1. The Balaban J connectivity index is 2.19. The summed E-state index contributed by atoms with van der Waals surface area (Å²) in [7, 11) is 1.43. The Kier molecular flexibility index (Phi) is 3.93. The third-order valence-corrected chi connectivity index (χ3v) is 2.85. The van der Waals surface area contributed by atoms with Gasteiger partial charge in [0, 0.05) is 12.2 Å². The number of para-hydroxylation sites is 1. The largest absolute Gasteiger partial charge is 0.504 e. The molecule has 0 saturated heterocycles. The first-order chi connectivity index (χ1) is 9.52. The maximum atomic E-state index is 12.1. The number of phenols is 1. The fraction of sp³-hybridized carbons (Fsp3) is 0.286. The van der Waals surface area contributed by atoms with Crippen molar-refractivity contribution in [2.75, 3.05) is 12.4 Å². The van der Waals surface area contributed by atoms with Crippen LogP contribution in [0, 0.1) is 0 Å². The van der Waals surface area contributed by atoms with E-state index < -0.39 is 5.91 Å². The van der Waals surface area contributed by atoms with E-state index in [4.69, 9.17) is 4.74 Å². The molecule has 2 aromatic rings. The molecule has 1 amide bonds. The van der Waals surface area contributed by atoms with E-state index in [1.807, 2.05) is 13.8 Å². The third-order valence-electron chi connectivity index (χ3n) is 2.85. The van der Waals surface area contributed by atoms with Crippen LogP contribution in [0.1, 0.15) is 30.2 Å². The molecular formula is C14H17N3O3. The second kappa shape index (κ2) is 5.64. The summed E-state index contributed by atoms with van der Waals surface area (Å²) >= 11 is 0. The lowest BCUT2D eigenvalue weighted by molar-refractivity contribution is 0.102. The number of phenolic OH excluding ortho intramolecular Hbond substituents is 1. The number of methoxy groups -OCH3 is 1. The zero-order chi connectivity index (χ0) is 14.7. The molecule has 0 atom stereocenters. The van der Waals surface area contributed by atoms with Gasteiger partial charge in [0.2, 0.25) is 0 Å². The number of hydrogen-bond acceptors (Lipinski definition) is 4. The van der Waals surface area contributed by atoms with Gasteiger partial charge in [0.25, 0.3) is 5.91 Å². The number of nitrogens with zero attached hydrogens (tertiary/aromatic N) is 2. The summed E-state index contributed by atoms with van der Waals surface area (Å²) in [4.78, 5) is 12.1. The van der Waals surface area contributed by atoms with Crippen molar-refractivity contribution in [2.24, 2.45) is 0 Å². The summed E-state index contributed by atoms with van der Waals surface area (Å²) in [6.45, 7) is 3.99. The molecule has 0 bridgehead atoms. The first-order valence-electron chi connectivity index (χ1n) is 6.24. The van der Waals surface area contributed by atoms with Crippen LogP contribution >= 0.6 is 0 Å². The van der Waals surface area contributed by atoms with E-state index in [0.717, 1.165) is 0 Å². The number of carbonyl (C=O) groups is 1. The van der Waals surface area contributed by atoms with Gasteiger partial charge in [0.15, 0.2) is 11.5 Å². The van der Waals surface area contributed by atoms with Crippen LogP contribution in [0.25, 0.3) is 0 Å². The minimum atomic E-state index is -0.412. The normalized spacial score (nSPS) is 10.6. The summed E-state index contributed by atoms with van der Waals surface area (Å²) in [6.07, 6.45) is 3.30. The maximum Gasteiger partial charge on any atom is 0.259 e. The lowest BCUT2D eigenvalue weighted by Crippen LogP contribution is -2.12. The van der Waals surface area contributed by atoms with Gasteiger partial charge in [0.1, 0.15) is 0 Å². The standard InChI is InChI=1S/C14H17N3O3/c1-9(2)17-8-10(7-15-17)16-14(19)11-5-4-6-12(20-3)13(11)18/h4-9,18H,1-3H3,(H,16,19). The topological polar surface area (TPSA) is 76.4 Å². The second-order valence-corrected chi connectivity index (χ2v) is 4.61. The number of nitrogens with one attached hydrogen (secondary N) is 1. The Morgan fingerprint density at radius 2 is 2.20 bits per heavy atom. The second-order valence-electron chi connectivity index (χ2n) is 4.61. The van der Waals surface area contributed by atoms with E-state index in [1.165, 1.54) is 13.2 Å². The van der Waals surface area contributed by atoms with Crippen molar-refractivity contribution < 1.29 is 14.6 Å². The third kappa shape index (κ3) is 2.74. The van der Waals surface area contributed by atoms with Gasteiger partial charge in [-0.25, -0.2) is 0 Å². The van der Waals surface area contributed by atoms with Gasteiger partial charge >= 0.3 is 0 Å². The Labute approximate surface area is 117 Å². The minimum absolute atomic E-state index is 0.154. The lowest BCUT2D eigenvalue weighted by atomic mass is 10.1. The average Bonchev–Trinajstić information content (AvgIpc) is 2.87. The van der Waals surface area contributed by atoms with Crippen LogP contribution in [0.3, 0.4) is 0 Å². The molecule has 2 rings (SSSR count). The molecule has 1 aromatic carbocycles. The molecule has 0 aliphatic carbocycles. The van der Waals surface area contributed by atoms with Crippen LogP contribution in [-0.2, 0) is 0 Å². The number of ether oxygens (including phenoxy) is 1. The molecule has 6 nitrogen and oxygen atoms in total. The van der Waals surface area contributed by atoms with Crippen LogP contribution in [0.2, 0.25) is 0 Å². The van der Waals surface area contributed by atoms with E-state index in [1.54, 1.807) is 29.2 Å². The van der Waals surface area contributed by atoms with Crippen LogP contribution in [0.5, 0.6) is 11.5 Å². The van der Waals surface area contributed by atoms with Crippen LogP contribution in [0.4, 0.5) is 5.69 Å². The van der Waals surface area contributed by atoms with Gasteiger partial charge in [-0.3, -0.25) is 9.48 Å². The van der Waals surface area contributed by atoms with E-state index >= 15 is 0 Å². The summed E-state index contributed by atoms with van der Waals surface area (Å²) in [6, 6.07) is 4.97. The van der Waals surface area contributed by atoms with Crippen LogP contribution in [-0.4, -0.2) is 27.9 Å². The molecule has 0 aliphatic rings. The predicted molar refractivity (Wildman–Crippen MR) is 75.2 cm³/mol. The SMILES string of the molecule is COc1cccc(C(=O)Nc2cnn(C(C)C)c2)c1O. The van der Waals surface area contributed by atoms with Crippen molar-refractivity contribution in [3.8, 4) is 11.5 Å². The molecule has 2 N–H and O–H groups in total. The first-order valence-corrected chi connectivity index (χ1v) is 6.24.